The maximum absolute atomic E-state index is 12.9. The lowest BCUT2D eigenvalue weighted by Crippen LogP contribution is -2.15. The van der Waals surface area contributed by atoms with Gasteiger partial charge in [-0.2, -0.15) is 0 Å². The van der Waals surface area contributed by atoms with Crippen LogP contribution in [0, 0.1) is 5.92 Å². The van der Waals surface area contributed by atoms with Crippen LogP contribution in [0.5, 0.6) is 0 Å². The standard InChI is InChI=1S/C27H25N3O3S/c1-2-18-6-5-7-19-9-12-21(16-23(18)19)29-27(31)25-17-24(25)20-10-13-22(14-11-20)34(32,33)30-26-8-3-4-15-28-26/h3-16,24-25H,2,17H2,1H3,(H,28,30)(H,29,31)/t24?,25-/m1/s1. The number of carbonyl (C=O) groups is 1. The van der Waals surface area contributed by atoms with Crippen molar-refractivity contribution < 1.29 is 13.2 Å². The molecule has 1 amide bonds. The van der Waals surface area contributed by atoms with E-state index in [1.807, 2.05) is 18.2 Å². The van der Waals surface area contributed by atoms with E-state index in [2.05, 4.69) is 40.1 Å². The number of carbonyl (C=O) groups excluding carboxylic acids is 1. The zero-order chi connectivity index (χ0) is 23.7. The molecule has 1 aromatic heterocycles. The van der Waals surface area contributed by atoms with E-state index in [9.17, 15) is 13.2 Å². The Morgan fingerprint density at radius 3 is 2.56 bits per heavy atom. The minimum Gasteiger partial charge on any atom is -0.326 e. The SMILES string of the molecule is CCc1cccc2ccc(NC(=O)[C@@H]3CC3c3ccc(S(=O)(=O)Nc4ccccn4)cc3)cc12. The van der Waals surface area contributed by atoms with Crippen LogP contribution in [0.4, 0.5) is 11.5 Å². The fourth-order valence-electron chi connectivity index (χ4n) is 4.33. The zero-order valence-corrected chi connectivity index (χ0v) is 19.5. The number of hydrogen-bond donors (Lipinski definition) is 2. The number of hydrogen-bond acceptors (Lipinski definition) is 4. The zero-order valence-electron chi connectivity index (χ0n) is 18.7. The maximum Gasteiger partial charge on any atom is 0.263 e. The molecule has 1 saturated carbocycles. The predicted molar refractivity (Wildman–Crippen MR) is 134 cm³/mol. The van der Waals surface area contributed by atoms with Crippen LogP contribution in [0.3, 0.4) is 0 Å². The molecule has 1 aliphatic carbocycles. The fraction of sp³-hybridized carbons (Fsp3) is 0.185. The van der Waals surface area contributed by atoms with Crippen LogP contribution in [0.15, 0.2) is 90.0 Å². The van der Waals surface area contributed by atoms with Crippen molar-refractivity contribution in [3.05, 3.63) is 96.2 Å². The molecule has 7 heteroatoms. The highest BCUT2D eigenvalue weighted by atomic mass is 32.2. The molecule has 34 heavy (non-hydrogen) atoms. The molecule has 6 nitrogen and oxygen atoms in total. The number of aromatic nitrogens is 1. The first-order chi connectivity index (χ1) is 16.4. The molecule has 172 valence electrons. The van der Waals surface area contributed by atoms with Crippen LogP contribution in [-0.2, 0) is 21.2 Å². The first kappa shape index (κ1) is 22.1. The van der Waals surface area contributed by atoms with Crippen molar-refractivity contribution in [2.75, 3.05) is 10.0 Å². The molecule has 0 bridgehead atoms. The minimum absolute atomic E-state index is 0.00755. The van der Waals surface area contributed by atoms with Crippen molar-refractivity contribution in [1.82, 2.24) is 4.98 Å². The summed E-state index contributed by atoms with van der Waals surface area (Å²) in [4.78, 5) is 17.0. The minimum atomic E-state index is -3.72. The number of anilines is 2. The van der Waals surface area contributed by atoms with Gasteiger partial charge in [-0.1, -0.05) is 49.4 Å². The Labute approximate surface area is 199 Å². The molecule has 0 aliphatic heterocycles. The quantitative estimate of drug-likeness (QED) is 0.381. The lowest BCUT2D eigenvalue weighted by molar-refractivity contribution is -0.117. The van der Waals surface area contributed by atoms with Gasteiger partial charge in [0.25, 0.3) is 10.0 Å². The van der Waals surface area contributed by atoms with Gasteiger partial charge in [0.1, 0.15) is 5.82 Å². The van der Waals surface area contributed by atoms with E-state index in [0.717, 1.165) is 34.9 Å². The molecule has 1 fully saturated rings. The lowest BCUT2D eigenvalue weighted by atomic mass is 10.0. The van der Waals surface area contributed by atoms with Gasteiger partial charge < -0.3 is 5.32 Å². The van der Waals surface area contributed by atoms with Crippen molar-refractivity contribution in [3.63, 3.8) is 0 Å². The maximum atomic E-state index is 12.9. The highest BCUT2D eigenvalue weighted by Gasteiger charge is 2.44. The number of rotatable bonds is 7. The summed E-state index contributed by atoms with van der Waals surface area (Å²) in [6.45, 7) is 2.12. The van der Waals surface area contributed by atoms with Crippen LogP contribution >= 0.6 is 0 Å². The Kier molecular flexibility index (Phi) is 5.79. The summed E-state index contributed by atoms with van der Waals surface area (Å²) in [5, 5.41) is 5.38. The smallest absolute Gasteiger partial charge is 0.263 e. The largest absolute Gasteiger partial charge is 0.326 e. The lowest BCUT2D eigenvalue weighted by Gasteiger charge is -2.10. The van der Waals surface area contributed by atoms with Crippen molar-refractivity contribution >= 4 is 38.2 Å². The van der Waals surface area contributed by atoms with Gasteiger partial charge in [-0.15, -0.1) is 0 Å². The van der Waals surface area contributed by atoms with E-state index >= 15 is 0 Å². The summed E-state index contributed by atoms with van der Waals surface area (Å²) in [7, 11) is -3.72. The number of pyridine rings is 1. The molecule has 2 N–H and O–H groups in total. The Bertz CT molecular complexity index is 1450. The Morgan fingerprint density at radius 2 is 1.82 bits per heavy atom. The highest BCUT2D eigenvalue weighted by molar-refractivity contribution is 7.92. The molecule has 1 heterocycles. The number of sulfonamides is 1. The van der Waals surface area contributed by atoms with Crippen molar-refractivity contribution in [2.45, 2.75) is 30.6 Å². The van der Waals surface area contributed by atoms with Crippen LogP contribution in [0.2, 0.25) is 0 Å². The highest BCUT2D eigenvalue weighted by Crippen LogP contribution is 2.48. The molecule has 2 atom stereocenters. The third-order valence-corrected chi connectivity index (χ3v) is 7.64. The number of nitrogens with one attached hydrogen (secondary N) is 2. The van der Waals surface area contributed by atoms with Crippen molar-refractivity contribution in [2.24, 2.45) is 5.92 Å². The van der Waals surface area contributed by atoms with Gasteiger partial charge in [0.05, 0.1) is 4.90 Å². The second-order valence-corrected chi connectivity index (χ2v) is 10.2. The van der Waals surface area contributed by atoms with Gasteiger partial charge in [-0.3, -0.25) is 9.52 Å². The molecule has 5 rings (SSSR count). The average Bonchev–Trinajstić information content (AvgIpc) is 3.65. The average molecular weight is 472 g/mol. The molecule has 3 aromatic carbocycles. The van der Waals surface area contributed by atoms with E-state index in [0.29, 0.717) is 0 Å². The molecule has 4 aromatic rings. The molecule has 1 aliphatic rings. The van der Waals surface area contributed by atoms with Crippen LogP contribution in [0.25, 0.3) is 10.8 Å². The van der Waals surface area contributed by atoms with Gasteiger partial charge in [-0.05, 0) is 77.1 Å². The van der Waals surface area contributed by atoms with Gasteiger partial charge >= 0.3 is 0 Å². The van der Waals surface area contributed by atoms with E-state index < -0.39 is 10.0 Å². The number of benzene rings is 3. The number of nitrogens with zero attached hydrogens (tertiary/aromatic N) is 1. The molecular weight excluding hydrogens is 446 g/mol. The van der Waals surface area contributed by atoms with E-state index in [-0.39, 0.29) is 28.5 Å². The number of aryl methyl sites for hydroxylation is 1. The van der Waals surface area contributed by atoms with E-state index in [1.165, 1.54) is 11.8 Å². The Morgan fingerprint density at radius 1 is 1.00 bits per heavy atom. The summed E-state index contributed by atoms with van der Waals surface area (Å²) < 4.78 is 27.7. The molecule has 0 saturated heterocycles. The molecule has 0 radical (unpaired) electrons. The molecule has 1 unspecified atom stereocenters. The molecule has 0 spiro atoms. The van der Waals surface area contributed by atoms with Crippen LogP contribution in [0.1, 0.15) is 30.4 Å². The van der Waals surface area contributed by atoms with Gasteiger partial charge in [0.15, 0.2) is 0 Å². The first-order valence-electron chi connectivity index (χ1n) is 11.3. The second-order valence-electron chi connectivity index (χ2n) is 8.53. The Hall–Kier alpha value is -3.71. The summed E-state index contributed by atoms with van der Waals surface area (Å²) in [6, 6.07) is 24.0. The fourth-order valence-corrected chi connectivity index (χ4v) is 5.33. The van der Waals surface area contributed by atoms with Crippen LogP contribution < -0.4 is 10.0 Å². The summed E-state index contributed by atoms with van der Waals surface area (Å²) in [5.41, 5.74) is 3.01. The Balaban J connectivity index is 1.25. The summed E-state index contributed by atoms with van der Waals surface area (Å²) in [6.07, 6.45) is 3.21. The van der Waals surface area contributed by atoms with Gasteiger partial charge in [0.2, 0.25) is 5.91 Å². The van der Waals surface area contributed by atoms with Crippen LogP contribution in [-0.4, -0.2) is 19.3 Å². The molecular formula is C27H25N3O3S. The van der Waals surface area contributed by atoms with Gasteiger partial charge in [0, 0.05) is 17.8 Å². The van der Waals surface area contributed by atoms with E-state index in [4.69, 9.17) is 0 Å². The van der Waals surface area contributed by atoms with E-state index in [1.54, 1.807) is 42.5 Å². The third-order valence-electron chi connectivity index (χ3n) is 6.27. The first-order valence-corrected chi connectivity index (χ1v) is 12.8. The second kappa shape index (κ2) is 8.91. The summed E-state index contributed by atoms with van der Waals surface area (Å²) >= 11 is 0. The number of amides is 1. The monoisotopic (exact) mass is 471 g/mol. The predicted octanol–water partition coefficient (Wildman–Crippen LogP) is 5.34. The normalized spacial score (nSPS) is 17.3. The van der Waals surface area contributed by atoms with Crippen molar-refractivity contribution in [1.29, 1.82) is 0 Å². The third kappa shape index (κ3) is 4.52. The van der Waals surface area contributed by atoms with Gasteiger partial charge in [-0.25, -0.2) is 13.4 Å². The number of fused-ring (bicyclic) bond motifs is 1. The topological polar surface area (TPSA) is 88.2 Å². The summed E-state index contributed by atoms with van der Waals surface area (Å²) in [5.74, 6) is 0.232. The van der Waals surface area contributed by atoms with Crippen molar-refractivity contribution in [3.8, 4) is 0 Å².